The first-order chi connectivity index (χ1) is 8.40. The second-order valence-electron chi connectivity index (χ2n) is 4.14. The number of hydrogen-bond donors (Lipinski definition) is 0. The van der Waals surface area contributed by atoms with Crippen molar-refractivity contribution in [2.45, 2.75) is 19.8 Å². The van der Waals surface area contributed by atoms with E-state index < -0.39 is 0 Å². The molecule has 0 nitrogen and oxygen atoms in total. The molecule has 0 bridgehead atoms. The average Bonchev–Trinajstić information content (AvgIpc) is 2.40. The van der Waals surface area contributed by atoms with E-state index in [1.807, 2.05) is 0 Å². The first kappa shape index (κ1) is 11.7. The first-order valence-corrected chi connectivity index (χ1v) is 6.18. The lowest BCUT2D eigenvalue weighted by atomic mass is 10.0. The van der Waals surface area contributed by atoms with Crippen LogP contribution in [0.5, 0.6) is 0 Å². The zero-order valence-corrected chi connectivity index (χ0v) is 10.3. The molecule has 0 aliphatic carbocycles. The fraction of sp³-hybridized carbons (Fsp3) is 0.176. The quantitative estimate of drug-likeness (QED) is 0.714. The van der Waals surface area contributed by atoms with E-state index in [-0.39, 0.29) is 0 Å². The van der Waals surface area contributed by atoms with Gasteiger partial charge in [0.25, 0.3) is 0 Å². The van der Waals surface area contributed by atoms with Crippen LogP contribution in [0.3, 0.4) is 0 Å². The van der Waals surface area contributed by atoms with Gasteiger partial charge in [-0.2, -0.15) is 0 Å². The SMILES string of the molecule is CCc1ccccc1/C=C\Cc1ccccc1. The zero-order chi connectivity index (χ0) is 11.9. The van der Waals surface area contributed by atoms with Crippen LogP contribution in [0.2, 0.25) is 0 Å². The smallest absolute Gasteiger partial charge is 0.00941 e. The minimum Gasteiger partial charge on any atom is -0.0795 e. The van der Waals surface area contributed by atoms with Crippen molar-refractivity contribution in [3.05, 3.63) is 77.4 Å². The molecule has 0 N–H and O–H groups in total. The van der Waals surface area contributed by atoms with E-state index in [2.05, 4.69) is 73.7 Å². The molecular formula is C17H18. The van der Waals surface area contributed by atoms with Gasteiger partial charge in [0, 0.05) is 0 Å². The molecule has 0 saturated carbocycles. The predicted octanol–water partition coefficient (Wildman–Crippen LogP) is 4.50. The molecule has 2 aromatic carbocycles. The van der Waals surface area contributed by atoms with Gasteiger partial charge in [0.2, 0.25) is 0 Å². The highest BCUT2D eigenvalue weighted by atomic mass is 14.0. The third-order valence-electron chi connectivity index (χ3n) is 2.93. The molecule has 0 saturated heterocycles. The molecule has 0 atom stereocenters. The fourth-order valence-electron chi connectivity index (χ4n) is 1.95. The van der Waals surface area contributed by atoms with Gasteiger partial charge in [0.1, 0.15) is 0 Å². The second kappa shape index (κ2) is 6.05. The summed E-state index contributed by atoms with van der Waals surface area (Å²) in [5.74, 6) is 0. The number of aryl methyl sites for hydroxylation is 1. The van der Waals surface area contributed by atoms with E-state index in [0.717, 1.165) is 12.8 Å². The van der Waals surface area contributed by atoms with Crippen molar-refractivity contribution in [2.75, 3.05) is 0 Å². The second-order valence-corrected chi connectivity index (χ2v) is 4.14. The zero-order valence-electron chi connectivity index (χ0n) is 10.3. The molecule has 0 radical (unpaired) electrons. The molecule has 0 spiro atoms. The summed E-state index contributed by atoms with van der Waals surface area (Å²) >= 11 is 0. The molecule has 0 aliphatic heterocycles. The fourth-order valence-corrected chi connectivity index (χ4v) is 1.95. The Balaban J connectivity index is 2.06. The van der Waals surface area contributed by atoms with Gasteiger partial charge in [-0.05, 0) is 29.5 Å². The van der Waals surface area contributed by atoms with Gasteiger partial charge in [-0.25, -0.2) is 0 Å². The lowest BCUT2D eigenvalue weighted by Gasteiger charge is -2.02. The Morgan fingerprint density at radius 1 is 0.882 bits per heavy atom. The molecule has 0 heterocycles. The van der Waals surface area contributed by atoms with Crippen LogP contribution in [-0.2, 0) is 12.8 Å². The average molecular weight is 222 g/mol. The summed E-state index contributed by atoms with van der Waals surface area (Å²) in [6, 6.07) is 19.1. The molecule has 0 amide bonds. The Morgan fingerprint density at radius 2 is 1.59 bits per heavy atom. The van der Waals surface area contributed by atoms with Crippen LogP contribution < -0.4 is 0 Å². The first-order valence-electron chi connectivity index (χ1n) is 6.18. The number of allylic oxidation sites excluding steroid dienone is 1. The highest BCUT2D eigenvalue weighted by Crippen LogP contribution is 2.12. The van der Waals surface area contributed by atoms with Crippen LogP contribution in [-0.4, -0.2) is 0 Å². The highest BCUT2D eigenvalue weighted by molar-refractivity contribution is 5.54. The van der Waals surface area contributed by atoms with Gasteiger partial charge < -0.3 is 0 Å². The predicted molar refractivity (Wildman–Crippen MR) is 75.0 cm³/mol. The third-order valence-corrected chi connectivity index (χ3v) is 2.93. The summed E-state index contributed by atoms with van der Waals surface area (Å²) in [5, 5.41) is 0. The maximum Gasteiger partial charge on any atom is -0.00941 e. The molecule has 17 heavy (non-hydrogen) atoms. The van der Waals surface area contributed by atoms with Crippen molar-refractivity contribution in [1.82, 2.24) is 0 Å². The van der Waals surface area contributed by atoms with Crippen LogP contribution in [0, 0.1) is 0 Å². The van der Waals surface area contributed by atoms with Crippen LogP contribution in [0.15, 0.2) is 60.7 Å². The van der Waals surface area contributed by atoms with Crippen LogP contribution >= 0.6 is 0 Å². The summed E-state index contributed by atoms with van der Waals surface area (Å²) in [6.45, 7) is 2.20. The normalized spacial score (nSPS) is 10.9. The van der Waals surface area contributed by atoms with Crippen LogP contribution in [0.1, 0.15) is 23.6 Å². The largest absolute Gasteiger partial charge is 0.0795 e. The Morgan fingerprint density at radius 3 is 2.35 bits per heavy atom. The van der Waals surface area contributed by atoms with Gasteiger partial charge in [0.15, 0.2) is 0 Å². The Kier molecular flexibility index (Phi) is 4.15. The highest BCUT2D eigenvalue weighted by Gasteiger charge is 1.94. The van der Waals surface area contributed by atoms with Gasteiger partial charge in [-0.15, -0.1) is 0 Å². The third kappa shape index (κ3) is 3.32. The summed E-state index contributed by atoms with van der Waals surface area (Å²) in [4.78, 5) is 0. The minimum absolute atomic E-state index is 0.999. The number of benzene rings is 2. The van der Waals surface area contributed by atoms with E-state index in [4.69, 9.17) is 0 Å². The van der Waals surface area contributed by atoms with Crippen molar-refractivity contribution in [3.8, 4) is 0 Å². The molecule has 0 aromatic heterocycles. The molecule has 2 aromatic rings. The maximum atomic E-state index is 2.24. The maximum absolute atomic E-state index is 2.24. The van der Waals surface area contributed by atoms with Crippen molar-refractivity contribution >= 4 is 6.08 Å². The molecule has 0 aliphatic rings. The van der Waals surface area contributed by atoms with Crippen molar-refractivity contribution < 1.29 is 0 Å². The van der Waals surface area contributed by atoms with E-state index in [0.29, 0.717) is 0 Å². The number of hydrogen-bond acceptors (Lipinski definition) is 0. The lowest BCUT2D eigenvalue weighted by Crippen LogP contribution is -1.85. The van der Waals surface area contributed by atoms with E-state index in [1.54, 1.807) is 0 Å². The Bertz CT molecular complexity index is 480. The van der Waals surface area contributed by atoms with Gasteiger partial charge in [0.05, 0.1) is 0 Å². The van der Waals surface area contributed by atoms with E-state index in [1.165, 1.54) is 16.7 Å². The lowest BCUT2D eigenvalue weighted by molar-refractivity contribution is 1.13. The summed E-state index contributed by atoms with van der Waals surface area (Å²) in [5.41, 5.74) is 4.11. The van der Waals surface area contributed by atoms with Crippen LogP contribution in [0.4, 0.5) is 0 Å². The van der Waals surface area contributed by atoms with Crippen molar-refractivity contribution in [3.63, 3.8) is 0 Å². The molecule has 0 unspecified atom stereocenters. The summed E-state index contributed by atoms with van der Waals surface area (Å²) in [6.07, 6.45) is 6.56. The molecule has 0 heteroatoms. The monoisotopic (exact) mass is 222 g/mol. The van der Waals surface area contributed by atoms with E-state index >= 15 is 0 Å². The van der Waals surface area contributed by atoms with Crippen LogP contribution in [0.25, 0.3) is 6.08 Å². The van der Waals surface area contributed by atoms with Gasteiger partial charge >= 0.3 is 0 Å². The topological polar surface area (TPSA) is 0 Å². The van der Waals surface area contributed by atoms with Gasteiger partial charge in [-0.3, -0.25) is 0 Å². The standard InChI is InChI=1S/C17H18/c1-2-16-12-6-7-13-17(16)14-8-11-15-9-4-3-5-10-15/h3-10,12-14H,2,11H2,1H3/b14-8-. The number of rotatable bonds is 4. The molecular weight excluding hydrogens is 204 g/mol. The van der Waals surface area contributed by atoms with Crippen molar-refractivity contribution in [2.24, 2.45) is 0 Å². The Hall–Kier alpha value is -1.82. The minimum atomic E-state index is 0.999. The summed E-state index contributed by atoms with van der Waals surface area (Å²) < 4.78 is 0. The molecule has 86 valence electrons. The molecule has 0 fully saturated rings. The van der Waals surface area contributed by atoms with Crippen molar-refractivity contribution in [1.29, 1.82) is 0 Å². The Labute approximate surface area is 104 Å². The summed E-state index contributed by atoms with van der Waals surface area (Å²) in [7, 11) is 0. The molecule has 2 rings (SSSR count). The van der Waals surface area contributed by atoms with Gasteiger partial charge in [-0.1, -0.05) is 73.7 Å². The van der Waals surface area contributed by atoms with E-state index in [9.17, 15) is 0 Å².